The summed E-state index contributed by atoms with van der Waals surface area (Å²) in [4.78, 5) is 19.3. The number of hydrogen-bond donors (Lipinski definition) is 4. The molecule has 2 rings (SSSR count). The van der Waals surface area contributed by atoms with Gasteiger partial charge in [0.25, 0.3) is 0 Å². The van der Waals surface area contributed by atoms with Crippen molar-refractivity contribution in [1.29, 1.82) is 0 Å². The second kappa shape index (κ2) is 11.8. The first kappa shape index (κ1) is 25.2. The van der Waals surface area contributed by atoms with E-state index in [2.05, 4.69) is 0 Å². The highest BCUT2D eigenvalue weighted by molar-refractivity contribution is 5.80. The van der Waals surface area contributed by atoms with Gasteiger partial charge >= 0.3 is 0 Å². The SMILES string of the molecule is CC(O)[n+]1ccn(C)c1.CC(O)[n+]1ccn(C)c1.O=C([O-])C(O)C(O)C(=O)[O-]. The number of aliphatic hydroxyl groups excluding tert-OH is 4. The van der Waals surface area contributed by atoms with Crippen molar-refractivity contribution in [2.75, 3.05) is 0 Å². The second-order valence-corrected chi connectivity index (χ2v) is 5.84. The molecule has 0 aliphatic rings. The summed E-state index contributed by atoms with van der Waals surface area (Å²) in [5.74, 6) is -4.12. The van der Waals surface area contributed by atoms with Crippen molar-refractivity contribution in [3.8, 4) is 0 Å². The molecule has 0 amide bonds. The number of aryl methyl sites for hydroxylation is 2. The molecular weight excluding hydrogens is 376 g/mol. The van der Waals surface area contributed by atoms with Gasteiger partial charge in [-0.3, -0.25) is 0 Å². The highest BCUT2D eigenvalue weighted by atomic mass is 16.4. The number of aliphatic carboxylic acids is 2. The van der Waals surface area contributed by atoms with E-state index in [1.54, 1.807) is 23.0 Å². The Kier molecular flexibility index (Phi) is 10.6. The van der Waals surface area contributed by atoms with Crippen LogP contribution >= 0.6 is 0 Å². The maximum atomic E-state index is 9.63. The molecule has 0 aliphatic heterocycles. The molecule has 2 aromatic heterocycles. The van der Waals surface area contributed by atoms with Crippen LogP contribution in [0.4, 0.5) is 0 Å². The number of aromatic nitrogens is 4. The molecule has 12 nitrogen and oxygen atoms in total. The van der Waals surface area contributed by atoms with Gasteiger partial charge in [0.2, 0.25) is 12.7 Å². The number of aliphatic hydroxyl groups is 4. The average molecular weight is 402 g/mol. The van der Waals surface area contributed by atoms with E-state index >= 15 is 0 Å². The van der Waals surface area contributed by atoms with Crippen molar-refractivity contribution in [3.05, 3.63) is 37.4 Å². The van der Waals surface area contributed by atoms with Crippen molar-refractivity contribution in [2.45, 2.75) is 38.5 Å². The number of carbonyl (C=O) groups excluding carboxylic acids is 2. The normalized spacial score (nSPS) is 14.4. The molecule has 0 bridgehead atoms. The van der Waals surface area contributed by atoms with E-state index in [4.69, 9.17) is 20.4 Å². The molecule has 158 valence electrons. The quantitative estimate of drug-likeness (QED) is 0.358. The van der Waals surface area contributed by atoms with E-state index in [-0.39, 0.29) is 0 Å². The monoisotopic (exact) mass is 402 g/mol. The zero-order valence-electron chi connectivity index (χ0n) is 16.0. The molecule has 4 atom stereocenters. The van der Waals surface area contributed by atoms with Crippen molar-refractivity contribution >= 4 is 11.9 Å². The molecule has 0 radical (unpaired) electrons. The van der Waals surface area contributed by atoms with E-state index in [1.165, 1.54) is 0 Å². The number of hydrogen-bond acceptors (Lipinski definition) is 8. The lowest BCUT2D eigenvalue weighted by Crippen LogP contribution is -2.51. The molecule has 0 saturated carbocycles. The van der Waals surface area contributed by atoms with Gasteiger partial charge in [-0.1, -0.05) is 0 Å². The van der Waals surface area contributed by atoms with Gasteiger partial charge in [0.1, 0.15) is 37.0 Å². The summed E-state index contributed by atoms with van der Waals surface area (Å²) in [7, 11) is 3.83. The second-order valence-electron chi connectivity index (χ2n) is 5.84. The van der Waals surface area contributed by atoms with Crippen LogP contribution in [0.1, 0.15) is 26.3 Å². The van der Waals surface area contributed by atoms with Crippen molar-refractivity contribution in [2.24, 2.45) is 14.1 Å². The predicted molar refractivity (Wildman–Crippen MR) is 87.1 cm³/mol. The van der Waals surface area contributed by atoms with Crippen LogP contribution in [0.2, 0.25) is 0 Å². The summed E-state index contributed by atoms with van der Waals surface area (Å²) >= 11 is 0. The first-order valence-electron chi connectivity index (χ1n) is 8.06. The van der Waals surface area contributed by atoms with Gasteiger partial charge in [0.05, 0.1) is 26.0 Å². The zero-order valence-corrected chi connectivity index (χ0v) is 16.0. The molecule has 2 aromatic rings. The molecular formula is C16H26N4O8. The number of imidazole rings is 2. The number of carboxylic acid groups (broad SMARTS) is 2. The van der Waals surface area contributed by atoms with Gasteiger partial charge in [0, 0.05) is 13.8 Å². The van der Waals surface area contributed by atoms with Crippen LogP contribution in [0.3, 0.4) is 0 Å². The highest BCUT2D eigenvalue weighted by Crippen LogP contribution is 1.89. The van der Waals surface area contributed by atoms with Crippen LogP contribution in [0.15, 0.2) is 37.4 Å². The minimum atomic E-state index is -2.44. The first-order chi connectivity index (χ1) is 12.9. The Balaban J connectivity index is 0.000000391. The fourth-order valence-corrected chi connectivity index (χ4v) is 1.64. The fourth-order valence-electron chi connectivity index (χ4n) is 1.64. The Hall–Kier alpha value is -2.80. The number of carboxylic acids is 2. The Morgan fingerprint density at radius 1 is 0.786 bits per heavy atom. The molecule has 0 fully saturated rings. The highest BCUT2D eigenvalue weighted by Gasteiger charge is 2.17. The van der Waals surface area contributed by atoms with Crippen LogP contribution in [0.25, 0.3) is 0 Å². The van der Waals surface area contributed by atoms with Crippen molar-refractivity contribution in [1.82, 2.24) is 9.13 Å². The summed E-state index contributed by atoms with van der Waals surface area (Å²) in [6.07, 6.45) is 5.33. The molecule has 0 saturated heterocycles. The Bertz CT molecular complexity index is 678. The maximum Gasteiger partial charge on any atom is 0.245 e. The van der Waals surface area contributed by atoms with Gasteiger partial charge in [-0.15, -0.1) is 0 Å². The van der Waals surface area contributed by atoms with Gasteiger partial charge in [-0.25, -0.2) is 18.3 Å². The Morgan fingerprint density at radius 3 is 1.18 bits per heavy atom. The molecule has 0 spiro atoms. The number of rotatable bonds is 5. The van der Waals surface area contributed by atoms with E-state index < -0.39 is 36.6 Å². The van der Waals surface area contributed by atoms with E-state index in [0.29, 0.717) is 0 Å². The fraction of sp³-hybridized carbons (Fsp3) is 0.500. The molecule has 0 aromatic carbocycles. The Labute approximate surface area is 161 Å². The molecule has 28 heavy (non-hydrogen) atoms. The zero-order chi connectivity index (χ0) is 22.0. The summed E-state index contributed by atoms with van der Waals surface area (Å²) in [5, 5.41) is 53.7. The number of nitrogens with zero attached hydrogens (tertiary/aromatic N) is 4. The van der Waals surface area contributed by atoms with Crippen LogP contribution in [-0.2, 0) is 23.7 Å². The van der Waals surface area contributed by atoms with E-state index in [0.717, 1.165) is 0 Å². The molecule has 12 heteroatoms. The summed E-state index contributed by atoms with van der Waals surface area (Å²) in [6.45, 7) is 3.44. The van der Waals surface area contributed by atoms with Gasteiger partial charge in [-0.05, 0) is 0 Å². The summed E-state index contributed by atoms with van der Waals surface area (Å²) in [6, 6.07) is 0. The minimum Gasteiger partial charge on any atom is -0.547 e. The standard InChI is InChI=1S/2C6H11N2O.C4H6O6/c2*1-6(9)8-4-3-7(2)5-8;5-1(3(7)8)2(6)4(9)10/h2*3-6,9H,1-2H3;1-2,5-6H,(H,7,8)(H,9,10)/q2*+1;/p-2. The lowest BCUT2D eigenvalue weighted by Gasteiger charge is -2.18. The van der Waals surface area contributed by atoms with Crippen molar-refractivity contribution in [3.63, 3.8) is 0 Å². The maximum absolute atomic E-state index is 9.63. The largest absolute Gasteiger partial charge is 0.547 e. The third-order valence-corrected chi connectivity index (χ3v) is 3.22. The summed E-state index contributed by atoms with van der Waals surface area (Å²) < 4.78 is 7.21. The van der Waals surface area contributed by atoms with Crippen LogP contribution in [-0.4, -0.2) is 53.7 Å². The van der Waals surface area contributed by atoms with Gasteiger partial charge < -0.3 is 40.2 Å². The molecule has 4 N–H and O–H groups in total. The third kappa shape index (κ3) is 9.23. The topological polar surface area (TPSA) is 179 Å². The van der Waals surface area contributed by atoms with Crippen LogP contribution < -0.4 is 19.3 Å². The van der Waals surface area contributed by atoms with Gasteiger partial charge in [0.15, 0.2) is 12.5 Å². The third-order valence-electron chi connectivity index (χ3n) is 3.22. The average Bonchev–Trinajstić information content (AvgIpc) is 3.23. The van der Waals surface area contributed by atoms with E-state index in [1.807, 2.05) is 60.7 Å². The van der Waals surface area contributed by atoms with E-state index in [9.17, 15) is 19.8 Å². The Morgan fingerprint density at radius 2 is 1.07 bits per heavy atom. The minimum absolute atomic E-state index is 0.425. The summed E-state index contributed by atoms with van der Waals surface area (Å²) in [5.41, 5.74) is 0. The van der Waals surface area contributed by atoms with Crippen LogP contribution in [0.5, 0.6) is 0 Å². The molecule has 4 unspecified atom stereocenters. The van der Waals surface area contributed by atoms with Crippen molar-refractivity contribution < 1.29 is 49.4 Å². The lowest BCUT2D eigenvalue weighted by molar-refractivity contribution is -0.755. The smallest absolute Gasteiger partial charge is 0.245 e. The number of carbonyl (C=O) groups is 2. The molecule has 0 aliphatic carbocycles. The first-order valence-corrected chi connectivity index (χ1v) is 8.06. The predicted octanol–water partition coefficient (Wildman–Crippen LogP) is -5.15. The lowest BCUT2D eigenvalue weighted by atomic mass is 10.2. The van der Waals surface area contributed by atoms with Gasteiger partial charge in [-0.2, -0.15) is 0 Å². The molecule has 2 heterocycles. The van der Waals surface area contributed by atoms with Crippen LogP contribution in [0, 0.1) is 0 Å².